The molecule has 0 aromatic carbocycles. The van der Waals surface area contributed by atoms with Crippen LogP contribution in [0.25, 0.3) is 0 Å². The minimum absolute atomic E-state index is 0.0468. The van der Waals surface area contributed by atoms with Gasteiger partial charge in [0.2, 0.25) is 0 Å². The van der Waals surface area contributed by atoms with Crippen molar-refractivity contribution < 1.29 is 23.1 Å². The highest BCUT2D eigenvalue weighted by Gasteiger charge is 2.28. The summed E-state index contributed by atoms with van der Waals surface area (Å²) in [6.07, 6.45) is -0.0468. The molecule has 0 aliphatic rings. The number of carboxylic acids is 1. The topological polar surface area (TPSA) is 40.5 Å². The van der Waals surface area contributed by atoms with Gasteiger partial charge in [-0.25, -0.2) is 0 Å². The van der Waals surface area contributed by atoms with Crippen LogP contribution in [0, 0.1) is 0 Å². The molecule has 1 N–H and O–H groups in total. The minimum atomic E-state index is -4.21. The zero-order valence-corrected chi connectivity index (χ0v) is 10.1. The Bertz CT molecular complexity index is 221. The zero-order chi connectivity index (χ0) is 12.8. The first-order chi connectivity index (χ1) is 7.22. The summed E-state index contributed by atoms with van der Waals surface area (Å²) in [5.74, 6) is -1.00. The molecule has 0 aromatic heterocycles. The standard InChI is InChI=1S/C9H16F3NO2S/c1-7(2)13(4-3-8(14)15)5-6-16-9(10,11)12/h7H,3-6H2,1-2H3,(H,14,15). The Morgan fingerprint density at radius 3 is 2.31 bits per heavy atom. The molecule has 0 rings (SSSR count). The fourth-order valence-corrected chi connectivity index (χ4v) is 1.70. The Hall–Kier alpha value is -0.430. The van der Waals surface area contributed by atoms with E-state index >= 15 is 0 Å². The maximum atomic E-state index is 11.9. The quantitative estimate of drug-likeness (QED) is 0.762. The Kier molecular flexibility index (Phi) is 6.82. The van der Waals surface area contributed by atoms with Gasteiger partial charge in [-0.05, 0) is 25.6 Å². The molecule has 0 saturated carbocycles. The first-order valence-electron chi connectivity index (χ1n) is 4.89. The van der Waals surface area contributed by atoms with E-state index in [1.807, 2.05) is 13.8 Å². The van der Waals surface area contributed by atoms with Crippen LogP contribution >= 0.6 is 11.8 Å². The van der Waals surface area contributed by atoms with Crippen LogP contribution in [0.3, 0.4) is 0 Å². The van der Waals surface area contributed by atoms with Crippen molar-refractivity contribution in [2.45, 2.75) is 31.8 Å². The van der Waals surface area contributed by atoms with Gasteiger partial charge < -0.3 is 5.11 Å². The number of rotatable bonds is 7. The molecule has 0 fully saturated rings. The van der Waals surface area contributed by atoms with Crippen molar-refractivity contribution >= 4 is 17.7 Å². The minimum Gasteiger partial charge on any atom is -0.481 e. The average molecular weight is 259 g/mol. The molecule has 0 aromatic rings. The number of halogens is 3. The van der Waals surface area contributed by atoms with Crippen LogP contribution in [0.2, 0.25) is 0 Å². The van der Waals surface area contributed by atoms with Gasteiger partial charge >= 0.3 is 11.5 Å². The summed E-state index contributed by atoms with van der Waals surface area (Å²) < 4.78 is 35.6. The maximum absolute atomic E-state index is 11.9. The van der Waals surface area contributed by atoms with Crippen LogP contribution in [0.5, 0.6) is 0 Å². The highest BCUT2D eigenvalue weighted by Crippen LogP contribution is 2.29. The van der Waals surface area contributed by atoms with Gasteiger partial charge in [-0.2, -0.15) is 13.2 Å². The van der Waals surface area contributed by atoms with E-state index in [1.165, 1.54) is 0 Å². The summed E-state index contributed by atoms with van der Waals surface area (Å²) in [6, 6.07) is 0.0492. The Morgan fingerprint density at radius 1 is 1.38 bits per heavy atom. The third-order valence-electron chi connectivity index (χ3n) is 1.99. The summed E-state index contributed by atoms with van der Waals surface area (Å²) in [7, 11) is 0. The molecule has 0 spiro atoms. The SMILES string of the molecule is CC(C)N(CCSC(F)(F)F)CCC(=O)O. The summed E-state index contributed by atoms with van der Waals surface area (Å²) in [5.41, 5.74) is -4.21. The zero-order valence-electron chi connectivity index (χ0n) is 9.25. The molecule has 0 atom stereocenters. The van der Waals surface area contributed by atoms with Gasteiger partial charge in [-0.1, -0.05) is 0 Å². The van der Waals surface area contributed by atoms with E-state index in [2.05, 4.69) is 0 Å². The van der Waals surface area contributed by atoms with Gasteiger partial charge in [0.15, 0.2) is 0 Å². The number of carboxylic acid groups (broad SMARTS) is 1. The smallest absolute Gasteiger partial charge is 0.441 e. The van der Waals surface area contributed by atoms with Crippen molar-refractivity contribution in [3.63, 3.8) is 0 Å². The summed E-state index contributed by atoms with van der Waals surface area (Å²) in [5, 5.41) is 8.49. The first-order valence-corrected chi connectivity index (χ1v) is 5.87. The van der Waals surface area contributed by atoms with Crippen molar-refractivity contribution in [2.75, 3.05) is 18.8 Å². The molecule has 0 radical (unpaired) electrons. The summed E-state index contributed by atoms with van der Waals surface area (Å²) in [4.78, 5) is 12.1. The van der Waals surface area contributed by atoms with E-state index in [4.69, 9.17) is 5.11 Å². The lowest BCUT2D eigenvalue weighted by molar-refractivity contribution is -0.137. The van der Waals surface area contributed by atoms with Gasteiger partial charge in [0, 0.05) is 24.9 Å². The van der Waals surface area contributed by atoms with Crippen molar-refractivity contribution in [3.05, 3.63) is 0 Å². The Balaban J connectivity index is 3.90. The lowest BCUT2D eigenvalue weighted by Crippen LogP contribution is -2.35. The van der Waals surface area contributed by atoms with Crippen molar-refractivity contribution in [1.82, 2.24) is 4.90 Å². The average Bonchev–Trinajstić information content (AvgIpc) is 2.07. The van der Waals surface area contributed by atoms with Crippen LogP contribution in [0.4, 0.5) is 13.2 Å². The molecular formula is C9H16F3NO2S. The second-order valence-corrected chi connectivity index (χ2v) is 4.73. The van der Waals surface area contributed by atoms with Crippen molar-refractivity contribution in [2.24, 2.45) is 0 Å². The Labute approximate surface area is 97.0 Å². The largest absolute Gasteiger partial charge is 0.481 e. The molecule has 0 aliphatic carbocycles. The summed E-state index contributed by atoms with van der Waals surface area (Å²) in [6.45, 7) is 4.20. The lowest BCUT2D eigenvalue weighted by Gasteiger charge is -2.25. The van der Waals surface area contributed by atoms with E-state index in [0.717, 1.165) is 0 Å². The number of hydrogen-bond donors (Lipinski definition) is 1. The molecule has 0 aliphatic heterocycles. The number of hydrogen-bond acceptors (Lipinski definition) is 3. The number of carbonyl (C=O) groups is 1. The second kappa shape index (κ2) is 7.01. The van der Waals surface area contributed by atoms with E-state index in [-0.39, 0.29) is 43.1 Å². The molecule has 96 valence electrons. The van der Waals surface area contributed by atoms with Crippen LogP contribution in [0.1, 0.15) is 20.3 Å². The van der Waals surface area contributed by atoms with Gasteiger partial charge in [0.25, 0.3) is 0 Å². The van der Waals surface area contributed by atoms with Gasteiger partial charge in [0.05, 0.1) is 6.42 Å². The van der Waals surface area contributed by atoms with E-state index in [0.29, 0.717) is 0 Å². The number of alkyl halides is 3. The highest BCUT2D eigenvalue weighted by molar-refractivity contribution is 8.00. The third-order valence-corrected chi connectivity index (χ3v) is 2.70. The van der Waals surface area contributed by atoms with Crippen LogP contribution < -0.4 is 0 Å². The number of thioether (sulfide) groups is 1. The normalized spacial score (nSPS) is 12.4. The first kappa shape index (κ1) is 15.6. The predicted octanol–water partition coefficient (Wildman–Crippen LogP) is 2.42. The third kappa shape index (κ3) is 8.84. The molecule has 16 heavy (non-hydrogen) atoms. The molecule has 0 saturated heterocycles. The molecular weight excluding hydrogens is 243 g/mol. The van der Waals surface area contributed by atoms with E-state index < -0.39 is 11.5 Å². The molecule has 7 heteroatoms. The predicted molar refractivity (Wildman–Crippen MR) is 57.5 cm³/mol. The molecule has 0 amide bonds. The van der Waals surface area contributed by atoms with Crippen molar-refractivity contribution in [3.8, 4) is 0 Å². The molecule has 3 nitrogen and oxygen atoms in total. The monoisotopic (exact) mass is 259 g/mol. The van der Waals surface area contributed by atoms with Gasteiger partial charge in [-0.3, -0.25) is 9.69 Å². The lowest BCUT2D eigenvalue weighted by atomic mass is 10.3. The number of nitrogens with zero attached hydrogens (tertiary/aromatic N) is 1. The highest BCUT2D eigenvalue weighted by atomic mass is 32.2. The second-order valence-electron chi connectivity index (χ2n) is 3.57. The van der Waals surface area contributed by atoms with E-state index in [9.17, 15) is 18.0 Å². The van der Waals surface area contributed by atoms with Crippen LogP contribution in [0.15, 0.2) is 0 Å². The van der Waals surface area contributed by atoms with Gasteiger partial charge in [0.1, 0.15) is 0 Å². The fourth-order valence-electron chi connectivity index (χ4n) is 1.15. The molecule has 0 bridgehead atoms. The maximum Gasteiger partial charge on any atom is 0.441 e. The fraction of sp³-hybridized carbons (Fsp3) is 0.889. The van der Waals surface area contributed by atoms with Crippen LogP contribution in [-0.2, 0) is 4.79 Å². The van der Waals surface area contributed by atoms with E-state index in [1.54, 1.807) is 4.90 Å². The number of aliphatic carboxylic acids is 1. The molecule has 0 heterocycles. The molecule has 0 unspecified atom stereocenters. The van der Waals surface area contributed by atoms with Gasteiger partial charge in [-0.15, -0.1) is 0 Å². The Morgan fingerprint density at radius 2 is 1.94 bits per heavy atom. The summed E-state index contributed by atoms with van der Waals surface area (Å²) >= 11 is -0.0755. The van der Waals surface area contributed by atoms with Crippen molar-refractivity contribution in [1.29, 1.82) is 0 Å². The van der Waals surface area contributed by atoms with Crippen LogP contribution in [-0.4, -0.2) is 46.4 Å².